The van der Waals surface area contributed by atoms with Gasteiger partial charge in [-0.05, 0) is 182 Å². The van der Waals surface area contributed by atoms with Gasteiger partial charge in [0.25, 0.3) is 0 Å². The number of halogens is 2. The summed E-state index contributed by atoms with van der Waals surface area (Å²) < 4.78 is 95.5. The lowest BCUT2D eigenvalue weighted by Gasteiger charge is -2.26. The number of hydrogen-bond acceptors (Lipinski definition) is 27. The van der Waals surface area contributed by atoms with Crippen LogP contribution in [0, 0.1) is 4.51 Å². The highest BCUT2D eigenvalue weighted by Crippen LogP contribution is 2.34. The first kappa shape index (κ1) is 104. The molecule has 3 saturated heterocycles. The molecule has 0 unspecified atom stereocenters. The van der Waals surface area contributed by atoms with Crippen LogP contribution in [0.3, 0.4) is 0 Å². The van der Waals surface area contributed by atoms with Crippen LogP contribution in [0.5, 0.6) is 57.5 Å². The van der Waals surface area contributed by atoms with Crippen LogP contribution in [-0.4, -0.2) is 191 Å². The van der Waals surface area contributed by atoms with E-state index in [9.17, 15) is 24.7 Å². The summed E-state index contributed by atoms with van der Waals surface area (Å²) in [6.45, 7) is 15.6. The van der Waals surface area contributed by atoms with E-state index in [0.29, 0.717) is 133 Å². The predicted octanol–water partition coefficient (Wildman–Crippen LogP) is 21.3. The summed E-state index contributed by atoms with van der Waals surface area (Å²) in [5.41, 5.74) is 6.65. The molecule has 0 atom stereocenters. The van der Waals surface area contributed by atoms with Crippen LogP contribution in [0.1, 0.15) is 29.7 Å². The Bertz CT molecular complexity index is 6380. The van der Waals surface area contributed by atoms with E-state index in [1.165, 1.54) is 18.2 Å². The number of aromatic hydroxyl groups is 1. The molecule has 0 bridgehead atoms. The number of ether oxygens (including phenoxy) is 12. The fourth-order valence-corrected chi connectivity index (χ4v) is 14.5. The highest BCUT2D eigenvalue weighted by Gasteiger charge is 2.18. The van der Waals surface area contributed by atoms with Gasteiger partial charge >= 0.3 is 0 Å². The molecule has 0 radical (unpaired) electrons. The van der Waals surface area contributed by atoms with Crippen LogP contribution in [0.4, 0.5) is 0 Å². The molecule has 0 saturated carbocycles. The van der Waals surface area contributed by atoms with Gasteiger partial charge in [-0.25, -0.2) is 0 Å². The third-order valence-corrected chi connectivity index (χ3v) is 21.7. The summed E-state index contributed by atoms with van der Waals surface area (Å²) in [5, 5.41) is 25.7. The van der Waals surface area contributed by atoms with Gasteiger partial charge in [0.05, 0.1) is 102 Å². The first-order valence-electron chi connectivity index (χ1n) is 41.6. The molecule has 0 aliphatic carbocycles. The maximum absolute atomic E-state index is 12.4. The molecule has 18 rings (SSSR count). The summed E-state index contributed by atoms with van der Waals surface area (Å²) >= 11 is 11.1. The Kier molecular flexibility index (Phi) is 40.6. The van der Waals surface area contributed by atoms with Crippen molar-refractivity contribution in [2.45, 2.75) is 29.7 Å². The van der Waals surface area contributed by atoms with Crippen molar-refractivity contribution in [3.8, 4) is 114 Å². The topological polar surface area (TPSA) is 290 Å². The Hall–Kier alpha value is -12.8. The Morgan fingerprint density at radius 2 is 0.564 bits per heavy atom. The van der Waals surface area contributed by atoms with Gasteiger partial charge in [0, 0.05) is 158 Å². The number of morpholine rings is 3. The van der Waals surface area contributed by atoms with E-state index in [-0.39, 0.29) is 75.7 Å². The van der Waals surface area contributed by atoms with Gasteiger partial charge in [-0.1, -0.05) is 47.1 Å². The van der Waals surface area contributed by atoms with E-state index < -0.39 is 0 Å². The van der Waals surface area contributed by atoms with Crippen molar-refractivity contribution in [3.05, 3.63) is 283 Å². The number of fused-ring (bicyclic) bond motifs is 5. The lowest BCUT2D eigenvalue weighted by Crippen LogP contribution is -2.38. The van der Waals surface area contributed by atoms with Gasteiger partial charge in [-0.3, -0.25) is 29.1 Å². The monoisotopic (exact) mass is 1960 g/mol. The molecule has 3 aliphatic rings. The Morgan fingerprint density at radius 1 is 0.323 bits per heavy atom. The third kappa shape index (κ3) is 28.4. The maximum atomic E-state index is 12.4. The molecule has 3 aliphatic heterocycles. The van der Waals surface area contributed by atoms with Gasteiger partial charge in [0.2, 0.25) is 0 Å². The number of hydrogen-bond donors (Lipinski definition) is 2. The Labute approximate surface area is 799 Å². The molecule has 133 heavy (non-hydrogen) atoms. The second-order valence-electron chi connectivity index (χ2n) is 29.4. The lowest BCUT2D eigenvalue weighted by atomic mass is 10.1. The molecule has 0 spiro atoms. The molecule has 10 aromatic carbocycles. The molecule has 8 heterocycles. The molecule has 26 nitrogen and oxygen atoms in total. The van der Waals surface area contributed by atoms with Crippen molar-refractivity contribution in [1.29, 1.82) is 0 Å². The summed E-state index contributed by atoms with van der Waals surface area (Å²) in [4.78, 5) is 43.7. The van der Waals surface area contributed by atoms with Gasteiger partial charge in [-0.15, -0.1) is 35.6 Å². The van der Waals surface area contributed by atoms with E-state index in [4.69, 9.17) is 103 Å². The Balaban J connectivity index is 0.000000186. The van der Waals surface area contributed by atoms with Crippen molar-refractivity contribution in [3.63, 3.8) is 0 Å². The summed E-state index contributed by atoms with van der Waals surface area (Å²) in [7, 11) is 7.95. The van der Waals surface area contributed by atoms with Crippen LogP contribution >= 0.6 is 47.8 Å². The van der Waals surface area contributed by atoms with Crippen LogP contribution in [0.25, 0.3) is 111 Å². The number of methoxy groups -OCH3 is 5. The summed E-state index contributed by atoms with van der Waals surface area (Å²) in [5.74, 6) is 9.89. The molecule has 29 heteroatoms. The minimum Gasteiger partial charge on any atom is -0.508 e. The molecule has 15 aromatic rings. The van der Waals surface area contributed by atoms with E-state index in [0.717, 1.165) is 171 Å². The zero-order valence-corrected chi connectivity index (χ0v) is 75.7. The highest BCUT2D eigenvalue weighted by atomic mass is 127. The van der Waals surface area contributed by atoms with Crippen LogP contribution in [0.2, 0.25) is 0 Å². The fourth-order valence-electron chi connectivity index (χ4n) is 14.1. The summed E-state index contributed by atoms with van der Waals surface area (Å²) in [6, 6.07) is 71.5. The first-order chi connectivity index (χ1) is 62.6. The lowest BCUT2D eigenvalue weighted by molar-refractivity contribution is 0.0321. The highest BCUT2D eigenvalue weighted by molar-refractivity contribution is 14.0. The van der Waals surface area contributed by atoms with Crippen molar-refractivity contribution >= 4 is 103 Å². The van der Waals surface area contributed by atoms with Gasteiger partial charge in [0.15, 0.2) is 16.3 Å². The number of phenols is 1. The average Bonchev–Trinajstić information content (AvgIpc) is 0.836. The SMILES string of the molecule is C.C.C.C.COc1ccc2/c(=N/O)cc(-c3ccc(OCCN4CCOCC4)cc3)oc2c1.COc1ccc2c(=O)cc(-c3ccc(O)cc3)oc2c1.COc1ccc2c(=O)cc(-c3ccc(OCCCl)cc3)oc2c1.COc1ccc2c(=O)cc(-c3ccc(OCCN4CCOCC4)cc3)oc2c1.COc1ccc2c(=S)cc(-c3ccc(OCCN4CCOCC4)cc3)oc2c1.I. The van der Waals surface area contributed by atoms with E-state index in [1.54, 1.807) is 133 Å². The predicted molar refractivity (Wildman–Crippen MR) is 536 cm³/mol. The van der Waals surface area contributed by atoms with Crippen molar-refractivity contribution in [2.75, 3.05) is 166 Å². The molecule has 3 fully saturated rings. The quantitative estimate of drug-likeness (QED) is 0.0177. The van der Waals surface area contributed by atoms with E-state index >= 15 is 0 Å². The smallest absolute Gasteiger partial charge is 0.193 e. The second kappa shape index (κ2) is 51.9. The first-order valence-corrected chi connectivity index (χ1v) is 42.5. The number of alkyl halides is 1. The van der Waals surface area contributed by atoms with Crippen molar-refractivity contribution < 1.29 is 89.2 Å². The van der Waals surface area contributed by atoms with Crippen molar-refractivity contribution in [2.24, 2.45) is 5.16 Å². The van der Waals surface area contributed by atoms with Crippen molar-refractivity contribution in [1.82, 2.24) is 14.7 Å². The minimum atomic E-state index is -0.114. The Morgan fingerprint density at radius 3 is 0.850 bits per heavy atom. The molecule has 2 N–H and O–H groups in total. The number of nitrogens with zero attached hydrogens (tertiary/aromatic N) is 4. The zero-order valence-electron chi connectivity index (χ0n) is 71.8. The maximum Gasteiger partial charge on any atom is 0.193 e. The second-order valence-corrected chi connectivity index (χ2v) is 30.2. The van der Waals surface area contributed by atoms with E-state index in [2.05, 4.69) is 19.9 Å². The number of phenolic OH excluding ortho intramolecular Hbond substituents is 1. The molecular formula is C104H114ClIN4O22S. The molecule has 0 amide bonds. The standard InChI is InChI=1S/C22H24N2O5.C22H23NO5.C22H23NO4S.C18H15ClO4.C16H12O4.4CH4.HI/c1-26-18-6-7-19-20(23-25)15-21(29-22(19)14-18)16-2-4-17(5-3-16)28-13-10-24-8-11-27-12-9-24;1-25-18-6-7-19-20(24)15-21(28-22(19)14-18)16-2-4-17(5-3-16)27-13-10-23-8-11-26-12-9-23;1-24-18-6-7-19-21(14-18)27-20(15-22(19)28)16-2-4-17(5-3-16)26-13-10-23-8-11-25-12-9-23;1-21-14-6-7-15-16(20)11-17(23-18(15)10-14)12-2-4-13(5-3-12)22-9-8-19;1-19-12-6-7-13-14(18)9-15(20-16(13)8-12)10-2-4-11(17)5-3-10;;;;;/h2-7,14-15,25H,8-13H2,1H3;2*2-7,14-15H,8-13H2,1H3;2-7,10-11H,8-9H2,1H3;2-9,17H,1H3;4*1H4;1H/b23-20+;;;;;;;;;. The minimum absolute atomic E-state index is 0. The van der Waals surface area contributed by atoms with Crippen LogP contribution in [-0.2, 0) is 14.2 Å². The third-order valence-electron chi connectivity index (χ3n) is 21.2. The van der Waals surface area contributed by atoms with Gasteiger partial charge in [0.1, 0.15) is 146 Å². The van der Waals surface area contributed by atoms with E-state index in [1.807, 2.05) is 127 Å². The molecule has 5 aromatic heterocycles. The van der Waals surface area contributed by atoms with Crippen LogP contribution in [0.15, 0.2) is 284 Å². The summed E-state index contributed by atoms with van der Waals surface area (Å²) in [6.07, 6.45) is 0. The van der Waals surface area contributed by atoms with Gasteiger partial charge < -0.3 is 89.2 Å². The fraction of sp³-hybridized carbons (Fsp3) is 0.279. The number of benzene rings is 10. The van der Waals surface area contributed by atoms with Gasteiger partial charge in [-0.2, -0.15) is 0 Å². The van der Waals surface area contributed by atoms with Crippen LogP contribution < -0.4 is 64.3 Å². The normalized spacial score (nSPS) is 13.1. The molecule has 702 valence electrons. The molecular weight excluding hydrogens is 1850 g/mol. The average molecular weight is 1970 g/mol. The zero-order chi connectivity index (χ0) is 89.1. The largest absolute Gasteiger partial charge is 0.508 e. The number of rotatable bonds is 25.